The summed E-state index contributed by atoms with van der Waals surface area (Å²) in [6.45, 7) is 7.35. The van der Waals surface area contributed by atoms with Crippen LogP contribution in [-0.2, 0) is 17.8 Å². The van der Waals surface area contributed by atoms with E-state index in [1.807, 2.05) is 34.5 Å². The minimum absolute atomic E-state index is 0.182. The Morgan fingerprint density at radius 2 is 1.92 bits per heavy atom. The number of hydrogen-bond donors (Lipinski definition) is 1. The molecule has 1 aliphatic rings. The maximum Gasteiger partial charge on any atom is 0.228 e. The van der Waals surface area contributed by atoms with Crippen LogP contribution in [0, 0.1) is 0 Å². The predicted molar refractivity (Wildman–Crippen MR) is 97.8 cm³/mol. The molecule has 2 aromatic rings. The Kier molecular flexibility index (Phi) is 5.60. The highest BCUT2D eigenvalue weighted by Crippen LogP contribution is 2.24. The van der Waals surface area contributed by atoms with Gasteiger partial charge in [-0.3, -0.25) is 4.79 Å². The van der Waals surface area contributed by atoms with Crippen LogP contribution in [0.15, 0.2) is 29.6 Å². The van der Waals surface area contributed by atoms with Crippen molar-refractivity contribution in [2.75, 3.05) is 32.7 Å². The predicted octanol–water partition coefficient (Wildman–Crippen LogP) is 1.98. The standard InChI is InChI=1S/C18H24N4OS/c1-2-21-7-9-22(10-8-21)17(23)11-16-13-24-18(20-16)15-5-3-14(12-19)4-6-15/h3-6,13H,2,7-12,19H2,1H3. The first kappa shape index (κ1) is 17.1. The highest BCUT2D eigenvalue weighted by molar-refractivity contribution is 7.13. The topological polar surface area (TPSA) is 62.5 Å². The molecule has 1 fully saturated rings. The van der Waals surface area contributed by atoms with E-state index in [1.54, 1.807) is 11.3 Å². The van der Waals surface area contributed by atoms with Gasteiger partial charge in [0.1, 0.15) is 5.01 Å². The molecule has 24 heavy (non-hydrogen) atoms. The number of thiazole rings is 1. The minimum Gasteiger partial charge on any atom is -0.340 e. The van der Waals surface area contributed by atoms with Crippen molar-refractivity contribution in [2.24, 2.45) is 5.73 Å². The number of hydrogen-bond acceptors (Lipinski definition) is 5. The molecular formula is C18H24N4OS. The molecule has 0 spiro atoms. The summed E-state index contributed by atoms with van der Waals surface area (Å²) in [6, 6.07) is 8.12. The Morgan fingerprint density at radius 1 is 1.21 bits per heavy atom. The molecule has 3 rings (SSSR count). The van der Waals surface area contributed by atoms with E-state index in [4.69, 9.17) is 5.73 Å². The van der Waals surface area contributed by atoms with E-state index < -0.39 is 0 Å². The molecular weight excluding hydrogens is 320 g/mol. The third-order valence-corrected chi connectivity index (χ3v) is 5.43. The Bertz CT molecular complexity index is 675. The Hall–Kier alpha value is -1.76. The maximum atomic E-state index is 12.4. The highest BCUT2D eigenvalue weighted by atomic mass is 32.1. The Balaban J connectivity index is 1.60. The fourth-order valence-corrected chi connectivity index (χ4v) is 3.71. The second kappa shape index (κ2) is 7.88. The first-order chi connectivity index (χ1) is 11.7. The van der Waals surface area contributed by atoms with E-state index in [0.717, 1.165) is 54.6 Å². The van der Waals surface area contributed by atoms with Gasteiger partial charge in [0.05, 0.1) is 12.1 Å². The number of nitrogens with two attached hydrogens (primary N) is 1. The smallest absolute Gasteiger partial charge is 0.228 e. The molecule has 6 heteroatoms. The van der Waals surface area contributed by atoms with E-state index in [2.05, 4.69) is 16.8 Å². The molecule has 0 aliphatic carbocycles. The van der Waals surface area contributed by atoms with Gasteiger partial charge in [-0.1, -0.05) is 31.2 Å². The van der Waals surface area contributed by atoms with Crippen LogP contribution in [0.2, 0.25) is 0 Å². The van der Waals surface area contributed by atoms with Gasteiger partial charge in [-0.15, -0.1) is 11.3 Å². The molecule has 1 aromatic heterocycles. The molecule has 2 heterocycles. The molecule has 1 aliphatic heterocycles. The summed E-state index contributed by atoms with van der Waals surface area (Å²) in [4.78, 5) is 21.4. The molecule has 0 unspecified atom stereocenters. The monoisotopic (exact) mass is 344 g/mol. The third-order valence-electron chi connectivity index (χ3n) is 4.49. The van der Waals surface area contributed by atoms with Crippen molar-refractivity contribution >= 4 is 17.2 Å². The van der Waals surface area contributed by atoms with Crippen LogP contribution >= 0.6 is 11.3 Å². The lowest BCUT2D eigenvalue weighted by Gasteiger charge is -2.34. The second-order valence-corrected chi connectivity index (χ2v) is 6.89. The summed E-state index contributed by atoms with van der Waals surface area (Å²) in [7, 11) is 0. The van der Waals surface area contributed by atoms with Gasteiger partial charge < -0.3 is 15.5 Å². The van der Waals surface area contributed by atoms with Crippen LogP contribution in [0.3, 0.4) is 0 Å². The van der Waals surface area contributed by atoms with Crippen molar-refractivity contribution in [3.8, 4) is 10.6 Å². The average Bonchev–Trinajstić information content (AvgIpc) is 3.10. The summed E-state index contributed by atoms with van der Waals surface area (Å²) in [5.41, 5.74) is 8.67. The molecule has 0 atom stereocenters. The van der Waals surface area contributed by atoms with Crippen molar-refractivity contribution < 1.29 is 4.79 Å². The lowest BCUT2D eigenvalue weighted by atomic mass is 10.1. The molecule has 2 N–H and O–H groups in total. The molecule has 1 aromatic carbocycles. The van der Waals surface area contributed by atoms with E-state index in [9.17, 15) is 4.79 Å². The van der Waals surface area contributed by atoms with Crippen molar-refractivity contribution in [3.63, 3.8) is 0 Å². The molecule has 0 radical (unpaired) electrons. The fourth-order valence-electron chi connectivity index (χ4n) is 2.88. The molecule has 1 amide bonds. The van der Waals surface area contributed by atoms with Crippen LogP contribution in [-0.4, -0.2) is 53.4 Å². The van der Waals surface area contributed by atoms with Crippen molar-refractivity contribution in [1.29, 1.82) is 0 Å². The van der Waals surface area contributed by atoms with E-state index >= 15 is 0 Å². The first-order valence-electron chi connectivity index (χ1n) is 8.43. The zero-order valence-electron chi connectivity index (χ0n) is 14.1. The summed E-state index contributed by atoms with van der Waals surface area (Å²) in [5.74, 6) is 0.182. The molecule has 128 valence electrons. The largest absolute Gasteiger partial charge is 0.340 e. The normalized spacial score (nSPS) is 15.7. The summed E-state index contributed by atoms with van der Waals surface area (Å²) >= 11 is 1.59. The van der Waals surface area contributed by atoms with E-state index in [-0.39, 0.29) is 5.91 Å². The number of rotatable bonds is 5. The number of carbonyl (C=O) groups excluding carboxylic acids is 1. The quantitative estimate of drug-likeness (QED) is 0.901. The van der Waals surface area contributed by atoms with Crippen LogP contribution in [0.25, 0.3) is 10.6 Å². The molecule has 1 saturated heterocycles. The number of carbonyl (C=O) groups is 1. The van der Waals surface area contributed by atoms with Gasteiger partial charge in [0, 0.05) is 43.7 Å². The van der Waals surface area contributed by atoms with Gasteiger partial charge in [0.25, 0.3) is 0 Å². The zero-order valence-corrected chi connectivity index (χ0v) is 14.9. The SMILES string of the molecule is CCN1CCN(C(=O)Cc2csc(-c3ccc(CN)cc3)n2)CC1. The number of likely N-dealkylation sites (N-methyl/N-ethyl adjacent to an activating group) is 1. The van der Waals surface area contributed by atoms with E-state index in [1.165, 1.54) is 0 Å². The summed E-state index contributed by atoms with van der Waals surface area (Å²) in [5, 5.41) is 2.95. The Morgan fingerprint density at radius 3 is 2.54 bits per heavy atom. The van der Waals surface area contributed by atoms with Crippen molar-refractivity contribution in [2.45, 2.75) is 19.9 Å². The van der Waals surface area contributed by atoms with Crippen LogP contribution in [0.4, 0.5) is 0 Å². The third kappa shape index (κ3) is 4.01. The maximum absolute atomic E-state index is 12.4. The summed E-state index contributed by atoms with van der Waals surface area (Å²) < 4.78 is 0. The van der Waals surface area contributed by atoms with Crippen molar-refractivity contribution in [3.05, 3.63) is 40.9 Å². The van der Waals surface area contributed by atoms with Crippen LogP contribution in [0.1, 0.15) is 18.2 Å². The molecule has 5 nitrogen and oxygen atoms in total. The minimum atomic E-state index is 0.182. The molecule has 0 bridgehead atoms. The Labute approximate surface area is 147 Å². The number of nitrogens with zero attached hydrogens (tertiary/aromatic N) is 3. The average molecular weight is 344 g/mol. The van der Waals surface area contributed by atoms with E-state index in [0.29, 0.717) is 13.0 Å². The number of aromatic nitrogens is 1. The first-order valence-corrected chi connectivity index (χ1v) is 9.31. The fraction of sp³-hybridized carbons (Fsp3) is 0.444. The number of amides is 1. The number of piperazine rings is 1. The molecule has 0 saturated carbocycles. The van der Waals surface area contributed by atoms with Crippen LogP contribution < -0.4 is 5.73 Å². The van der Waals surface area contributed by atoms with Gasteiger partial charge >= 0.3 is 0 Å². The zero-order chi connectivity index (χ0) is 16.9. The highest BCUT2D eigenvalue weighted by Gasteiger charge is 2.21. The second-order valence-electron chi connectivity index (χ2n) is 6.04. The van der Waals surface area contributed by atoms with Gasteiger partial charge in [-0.05, 0) is 12.1 Å². The van der Waals surface area contributed by atoms with Gasteiger partial charge in [-0.25, -0.2) is 4.98 Å². The van der Waals surface area contributed by atoms with Gasteiger partial charge in [-0.2, -0.15) is 0 Å². The lowest BCUT2D eigenvalue weighted by molar-refractivity contribution is -0.132. The number of benzene rings is 1. The van der Waals surface area contributed by atoms with Gasteiger partial charge in [0.15, 0.2) is 0 Å². The van der Waals surface area contributed by atoms with Crippen LogP contribution in [0.5, 0.6) is 0 Å². The lowest BCUT2D eigenvalue weighted by Crippen LogP contribution is -2.48. The summed E-state index contributed by atoms with van der Waals surface area (Å²) in [6.07, 6.45) is 0.392. The van der Waals surface area contributed by atoms with Crippen molar-refractivity contribution in [1.82, 2.24) is 14.8 Å². The van der Waals surface area contributed by atoms with Gasteiger partial charge in [0.2, 0.25) is 5.91 Å².